The van der Waals surface area contributed by atoms with E-state index in [1.165, 1.54) is 7.05 Å². The first-order chi connectivity index (χ1) is 10.6. The Kier molecular flexibility index (Phi) is 4.24. The van der Waals surface area contributed by atoms with Crippen LogP contribution < -0.4 is 5.32 Å². The molecular weight excluding hydrogens is 307 g/mol. The fourth-order valence-electron chi connectivity index (χ4n) is 2.22. The molecule has 124 valence electrons. The van der Waals surface area contributed by atoms with E-state index in [0.29, 0.717) is 5.69 Å². The summed E-state index contributed by atoms with van der Waals surface area (Å²) >= 11 is 0. The van der Waals surface area contributed by atoms with Crippen LogP contribution in [0.15, 0.2) is 30.6 Å². The number of aromatic nitrogens is 2. The Morgan fingerprint density at radius 1 is 1.13 bits per heavy atom. The predicted octanol–water partition coefficient (Wildman–Crippen LogP) is 3.55. The van der Waals surface area contributed by atoms with Crippen molar-refractivity contribution in [3.05, 3.63) is 47.5 Å². The molecule has 1 heterocycles. The van der Waals surface area contributed by atoms with E-state index in [2.05, 4.69) is 10.3 Å². The minimum atomic E-state index is -4.69. The van der Waals surface area contributed by atoms with Crippen LogP contribution >= 0.6 is 0 Å². The van der Waals surface area contributed by atoms with E-state index in [4.69, 9.17) is 0 Å². The molecule has 0 saturated carbocycles. The highest BCUT2D eigenvalue weighted by Gasteiger charge is 2.40. The van der Waals surface area contributed by atoms with Gasteiger partial charge in [-0.2, -0.15) is 13.2 Å². The largest absolute Gasteiger partial charge is 0.434 e. The van der Waals surface area contributed by atoms with Gasteiger partial charge >= 0.3 is 6.18 Å². The van der Waals surface area contributed by atoms with Gasteiger partial charge in [0.25, 0.3) is 5.91 Å². The van der Waals surface area contributed by atoms with Crippen molar-refractivity contribution < 1.29 is 18.0 Å². The van der Waals surface area contributed by atoms with Crippen molar-refractivity contribution in [3.8, 4) is 5.69 Å². The van der Waals surface area contributed by atoms with E-state index in [1.807, 2.05) is 20.8 Å². The van der Waals surface area contributed by atoms with Crippen molar-refractivity contribution >= 4 is 5.91 Å². The molecule has 0 radical (unpaired) electrons. The Balaban J connectivity index is 2.56. The highest BCUT2D eigenvalue weighted by atomic mass is 19.4. The van der Waals surface area contributed by atoms with E-state index in [9.17, 15) is 18.0 Å². The summed E-state index contributed by atoms with van der Waals surface area (Å²) in [5, 5.41) is 2.17. The molecule has 2 aromatic rings. The number of benzene rings is 1. The van der Waals surface area contributed by atoms with Crippen LogP contribution in [0.5, 0.6) is 0 Å². The normalized spacial score (nSPS) is 12.3. The van der Waals surface area contributed by atoms with Crippen molar-refractivity contribution in [1.82, 2.24) is 14.9 Å². The Morgan fingerprint density at radius 3 is 2.13 bits per heavy atom. The van der Waals surface area contributed by atoms with Crippen LogP contribution in [0.25, 0.3) is 5.69 Å². The molecule has 1 N–H and O–H groups in total. The van der Waals surface area contributed by atoms with Crippen molar-refractivity contribution in [3.63, 3.8) is 0 Å². The number of carbonyl (C=O) groups excluding carboxylic acids is 1. The summed E-state index contributed by atoms with van der Waals surface area (Å²) in [7, 11) is 1.26. The van der Waals surface area contributed by atoms with Crippen molar-refractivity contribution in [2.75, 3.05) is 7.05 Å². The molecule has 1 amide bonds. The SMILES string of the molecule is CNC(=O)c1ncn(-c2ccc(C(C)(C)C)cc2)c1C(F)(F)F. The van der Waals surface area contributed by atoms with Gasteiger partial charge in [-0.25, -0.2) is 4.98 Å². The molecule has 0 unspecified atom stereocenters. The van der Waals surface area contributed by atoms with Crippen LogP contribution in [0, 0.1) is 0 Å². The summed E-state index contributed by atoms with van der Waals surface area (Å²) in [4.78, 5) is 15.3. The zero-order chi connectivity index (χ0) is 17.4. The second-order valence-corrected chi connectivity index (χ2v) is 6.19. The maximum Gasteiger partial charge on any atom is 0.434 e. The molecule has 0 aliphatic heterocycles. The summed E-state index contributed by atoms with van der Waals surface area (Å²) in [5.41, 5.74) is -0.525. The molecule has 0 bridgehead atoms. The number of amides is 1. The monoisotopic (exact) mass is 325 g/mol. The van der Waals surface area contributed by atoms with Crippen LogP contribution in [0.1, 0.15) is 42.5 Å². The Hall–Kier alpha value is -2.31. The molecule has 0 saturated heterocycles. The van der Waals surface area contributed by atoms with Gasteiger partial charge in [-0.3, -0.25) is 9.36 Å². The summed E-state index contributed by atoms with van der Waals surface area (Å²) in [6.07, 6.45) is -3.68. The maximum absolute atomic E-state index is 13.4. The summed E-state index contributed by atoms with van der Waals surface area (Å²) in [5.74, 6) is -0.873. The Bertz CT molecular complexity index is 710. The van der Waals surface area contributed by atoms with Gasteiger partial charge in [-0.15, -0.1) is 0 Å². The van der Waals surface area contributed by atoms with Gasteiger partial charge in [-0.05, 0) is 23.1 Å². The Morgan fingerprint density at radius 2 is 1.70 bits per heavy atom. The third-order valence-electron chi connectivity index (χ3n) is 3.49. The average molecular weight is 325 g/mol. The van der Waals surface area contributed by atoms with E-state index in [-0.39, 0.29) is 5.41 Å². The van der Waals surface area contributed by atoms with Gasteiger partial charge in [-0.1, -0.05) is 32.9 Å². The van der Waals surface area contributed by atoms with E-state index in [1.54, 1.807) is 24.3 Å². The fourth-order valence-corrected chi connectivity index (χ4v) is 2.22. The first-order valence-electron chi connectivity index (χ1n) is 7.03. The number of rotatable bonds is 2. The molecule has 2 rings (SSSR count). The number of hydrogen-bond donors (Lipinski definition) is 1. The predicted molar refractivity (Wildman–Crippen MR) is 80.7 cm³/mol. The van der Waals surface area contributed by atoms with Gasteiger partial charge in [0.1, 0.15) is 6.33 Å². The van der Waals surface area contributed by atoms with Crippen LogP contribution in [0.3, 0.4) is 0 Å². The molecule has 0 fully saturated rings. The lowest BCUT2D eigenvalue weighted by molar-refractivity contribution is -0.142. The Labute approximate surface area is 132 Å². The molecule has 0 aliphatic carbocycles. The number of nitrogens with one attached hydrogen (secondary N) is 1. The molecule has 0 atom stereocenters. The van der Waals surface area contributed by atoms with Crippen molar-refractivity contribution in [2.45, 2.75) is 32.4 Å². The van der Waals surface area contributed by atoms with Gasteiger partial charge < -0.3 is 5.32 Å². The average Bonchev–Trinajstić information content (AvgIpc) is 2.90. The first-order valence-corrected chi connectivity index (χ1v) is 7.03. The van der Waals surface area contributed by atoms with Crippen LogP contribution in [-0.4, -0.2) is 22.5 Å². The van der Waals surface area contributed by atoms with Gasteiger partial charge in [0.15, 0.2) is 11.4 Å². The topological polar surface area (TPSA) is 46.9 Å². The summed E-state index contributed by atoms with van der Waals surface area (Å²) < 4.78 is 40.9. The number of nitrogens with zero attached hydrogens (tertiary/aromatic N) is 2. The molecule has 0 spiro atoms. The fraction of sp³-hybridized carbons (Fsp3) is 0.375. The third kappa shape index (κ3) is 3.38. The number of hydrogen-bond acceptors (Lipinski definition) is 2. The molecule has 4 nitrogen and oxygen atoms in total. The van der Waals surface area contributed by atoms with Crippen molar-refractivity contribution in [1.29, 1.82) is 0 Å². The highest BCUT2D eigenvalue weighted by molar-refractivity contribution is 5.93. The van der Waals surface area contributed by atoms with Gasteiger partial charge in [0.2, 0.25) is 0 Å². The van der Waals surface area contributed by atoms with Gasteiger partial charge in [0, 0.05) is 12.7 Å². The minimum Gasteiger partial charge on any atom is -0.354 e. The van der Waals surface area contributed by atoms with Gasteiger partial charge in [0.05, 0.1) is 0 Å². The number of imidazole rings is 1. The highest BCUT2D eigenvalue weighted by Crippen LogP contribution is 2.34. The molecular formula is C16H18F3N3O. The molecule has 7 heteroatoms. The standard InChI is InChI=1S/C16H18F3N3O/c1-15(2,3)10-5-7-11(8-6-10)22-9-21-12(14(23)20-4)13(22)16(17,18)19/h5-9H,1-4H3,(H,20,23). The molecule has 23 heavy (non-hydrogen) atoms. The lowest BCUT2D eigenvalue weighted by Gasteiger charge is -2.19. The zero-order valence-corrected chi connectivity index (χ0v) is 13.3. The van der Waals surface area contributed by atoms with Crippen LogP contribution in [-0.2, 0) is 11.6 Å². The third-order valence-corrected chi connectivity index (χ3v) is 3.49. The van der Waals surface area contributed by atoms with Crippen molar-refractivity contribution in [2.24, 2.45) is 0 Å². The number of alkyl halides is 3. The molecule has 0 aliphatic rings. The first kappa shape index (κ1) is 17.1. The van der Waals surface area contributed by atoms with E-state index < -0.39 is 23.5 Å². The lowest BCUT2D eigenvalue weighted by Crippen LogP contribution is -2.24. The second kappa shape index (κ2) is 5.72. The van der Waals surface area contributed by atoms with E-state index in [0.717, 1.165) is 16.5 Å². The maximum atomic E-state index is 13.4. The van der Waals surface area contributed by atoms with Crippen LogP contribution in [0.4, 0.5) is 13.2 Å². The molecule has 1 aromatic carbocycles. The number of halogens is 3. The zero-order valence-electron chi connectivity index (χ0n) is 13.3. The second-order valence-electron chi connectivity index (χ2n) is 6.19. The van der Waals surface area contributed by atoms with E-state index >= 15 is 0 Å². The summed E-state index contributed by atoms with van der Waals surface area (Å²) in [6.45, 7) is 6.05. The summed E-state index contributed by atoms with van der Waals surface area (Å²) in [6, 6.07) is 6.72. The smallest absolute Gasteiger partial charge is 0.354 e. The van der Waals surface area contributed by atoms with Crippen LogP contribution in [0.2, 0.25) is 0 Å². The minimum absolute atomic E-state index is 0.104. The lowest BCUT2D eigenvalue weighted by atomic mass is 9.87. The number of carbonyl (C=O) groups is 1. The quantitative estimate of drug-likeness (QED) is 0.918. The molecule has 1 aromatic heterocycles.